The largest absolute Gasteiger partial charge is 0.348 e. The standard InChI is InChI=1S/C21H31N5O/c1-4-25-11-10-22-20(25)15-26-13-12-24(14-17(26)2)16-21(27)23-18(3)19-8-6-5-7-9-19/h5-11,17-18H,4,12-16H2,1-3H3,(H,23,27)/t17-,18-/m1/s1. The van der Waals surface area contributed by atoms with Gasteiger partial charge in [-0.1, -0.05) is 30.3 Å². The van der Waals surface area contributed by atoms with Gasteiger partial charge >= 0.3 is 0 Å². The molecular formula is C21H31N5O. The molecule has 2 heterocycles. The molecule has 1 aromatic heterocycles. The fourth-order valence-corrected chi connectivity index (χ4v) is 3.73. The molecule has 2 aromatic rings. The number of aromatic nitrogens is 2. The average molecular weight is 370 g/mol. The molecule has 1 aliphatic rings. The molecule has 27 heavy (non-hydrogen) atoms. The smallest absolute Gasteiger partial charge is 0.234 e. The highest BCUT2D eigenvalue weighted by molar-refractivity contribution is 5.78. The van der Waals surface area contributed by atoms with Crippen LogP contribution in [-0.4, -0.2) is 57.5 Å². The molecule has 1 aromatic carbocycles. The molecule has 0 aliphatic carbocycles. The zero-order chi connectivity index (χ0) is 19.2. The second-order valence-electron chi connectivity index (χ2n) is 7.38. The lowest BCUT2D eigenvalue weighted by molar-refractivity contribution is -0.123. The van der Waals surface area contributed by atoms with Gasteiger partial charge in [-0.05, 0) is 26.3 Å². The molecule has 1 fully saturated rings. The summed E-state index contributed by atoms with van der Waals surface area (Å²) in [5.41, 5.74) is 1.13. The molecule has 0 spiro atoms. The first kappa shape index (κ1) is 19.6. The quantitative estimate of drug-likeness (QED) is 0.814. The van der Waals surface area contributed by atoms with E-state index in [0.717, 1.165) is 44.1 Å². The maximum atomic E-state index is 12.4. The van der Waals surface area contributed by atoms with Crippen LogP contribution in [0.5, 0.6) is 0 Å². The lowest BCUT2D eigenvalue weighted by Crippen LogP contribution is -2.53. The molecule has 146 valence electrons. The van der Waals surface area contributed by atoms with Crippen LogP contribution < -0.4 is 5.32 Å². The highest BCUT2D eigenvalue weighted by atomic mass is 16.2. The van der Waals surface area contributed by atoms with E-state index in [2.05, 4.69) is 38.5 Å². The van der Waals surface area contributed by atoms with E-state index in [1.54, 1.807) is 0 Å². The monoisotopic (exact) mass is 369 g/mol. The van der Waals surface area contributed by atoms with Gasteiger partial charge in [0.05, 0.1) is 19.1 Å². The average Bonchev–Trinajstić information content (AvgIpc) is 3.11. The molecule has 1 aliphatic heterocycles. The van der Waals surface area contributed by atoms with E-state index < -0.39 is 0 Å². The Morgan fingerprint density at radius 1 is 1.30 bits per heavy atom. The molecule has 0 unspecified atom stereocenters. The molecule has 0 bridgehead atoms. The van der Waals surface area contributed by atoms with E-state index in [4.69, 9.17) is 0 Å². The summed E-state index contributed by atoms with van der Waals surface area (Å²) in [4.78, 5) is 21.6. The van der Waals surface area contributed by atoms with E-state index in [9.17, 15) is 4.79 Å². The third-order valence-electron chi connectivity index (χ3n) is 5.38. The van der Waals surface area contributed by atoms with Gasteiger partial charge in [0.15, 0.2) is 0 Å². The first-order chi connectivity index (χ1) is 13.1. The van der Waals surface area contributed by atoms with E-state index >= 15 is 0 Å². The number of rotatable bonds is 7. The maximum Gasteiger partial charge on any atom is 0.234 e. The number of amides is 1. The second-order valence-corrected chi connectivity index (χ2v) is 7.38. The summed E-state index contributed by atoms with van der Waals surface area (Å²) < 4.78 is 2.19. The Hall–Kier alpha value is -2.18. The van der Waals surface area contributed by atoms with E-state index in [1.165, 1.54) is 0 Å². The summed E-state index contributed by atoms with van der Waals surface area (Å²) in [5.74, 6) is 1.21. The van der Waals surface area contributed by atoms with Gasteiger partial charge in [-0.15, -0.1) is 0 Å². The number of piperazine rings is 1. The van der Waals surface area contributed by atoms with Gasteiger partial charge in [0.2, 0.25) is 5.91 Å². The SMILES string of the molecule is CCn1ccnc1CN1CCN(CC(=O)N[C@H](C)c2ccccc2)C[C@H]1C. The van der Waals surface area contributed by atoms with Crippen molar-refractivity contribution in [1.29, 1.82) is 0 Å². The van der Waals surface area contributed by atoms with Crippen LogP contribution in [0.3, 0.4) is 0 Å². The van der Waals surface area contributed by atoms with Crippen molar-refractivity contribution in [3.8, 4) is 0 Å². The molecule has 6 heteroatoms. The highest BCUT2D eigenvalue weighted by Crippen LogP contribution is 2.14. The predicted molar refractivity (Wildman–Crippen MR) is 107 cm³/mol. The molecule has 0 radical (unpaired) electrons. The third-order valence-corrected chi connectivity index (χ3v) is 5.38. The van der Waals surface area contributed by atoms with Crippen molar-refractivity contribution < 1.29 is 4.79 Å². The predicted octanol–water partition coefficient (Wildman–Crippen LogP) is 2.29. The summed E-state index contributed by atoms with van der Waals surface area (Å²) in [6.45, 7) is 11.4. The minimum Gasteiger partial charge on any atom is -0.348 e. The van der Waals surface area contributed by atoms with Crippen molar-refractivity contribution in [2.24, 2.45) is 0 Å². The zero-order valence-electron chi connectivity index (χ0n) is 16.6. The van der Waals surface area contributed by atoms with Crippen molar-refractivity contribution in [2.75, 3.05) is 26.2 Å². The number of hydrogen-bond acceptors (Lipinski definition) is 4. The normalized spacial score (nSPS) is 19.7. The van der Waals surface area contributed by atoms with Crippen LogP contribution in [-0.2, 0) is 17.9 Å². The van der Waals surface area contributed by atoms with Crippen LogP contribution in [0.1, 0.15) is 38.2 Å². The van der Waals surface area contributed by atoms with Crippen molar-refractivity contribution in [2.45, 2.75) is 45.9 Å². The fourth-order valence-electron chi connectivity index (χ4n) is 3.73. The molecule has 1 N–H and O–H groups in total. The van der Waals surface area contributed by atoms with Crippen LogP contribution >= 0.6 is 0 Å². The van der Waals surface area contributed by atoms with Gasteiger partial charge in [-0.3, -0.25) is 14.6 Å². The summed E-state index contributed by atoms with van der Waals surface area (Å²) in [6, 6.07) is 10.5. The fraction of sp³-hybridized carbons (Fsp3) is 0.524. The van der Waals surface area contributed by atoms with Gasteiger partial charge in [0.1, 0.15) is 5.82 Å². The molecule has 3 rings (SSSR count). The first-order valence-corrected chi connectivity index (χ1v) is 9.87. The maximum absolute atomic E-state index is 12.4. The topological polar surface area (TPSA) is 53.4 Å². The van der Waals surface area contributed by atoms with Gasteiger partial charge in [-0.25, -0.2) is 4.98 Å². The number of imidazole rings is 1. The van der Waals surface area contributed by atoms with Crippen LogP contribution in [0, 0.1) is 0 Å². The Morgan fingerprint density at radius 3 is 2.78 bits per heavy atom. The number of hydrogen-bond donors (Lipinski definition) is 1. The summed E-state index contributed by atoms with van der Waals surface area (Å²) in [6.07, 6.45) is 3.91. The van der Waals surface area contributed by atoms with Crippen molar-refractivity contribution in [3.63, 3.8) is 0 Å². The van der Waals surface area contributed by atoms with Gasteiger partial charge < -0.3 is 9.88 Å². The van der Waals surface area contributed by atoms with Crippen LogP contribution in [0.25, 0.3) is 0 Å². The second kappa shape index (κ2) is 9.15. The van der Waals surface area contributed by atoms with Crippen molar-refractivity contribution in [1.82, 2.24) is 24.7 Å². The number of nitrogens with zero attached hydrogens (tertiary/aromatic N) is 4. The first-order valence-electron chi connectivity index (χ1n) is 9.87. The van der Waals surface area contributed by atoms with Crippen molar-refractivity contribution in [3.05, 3.63) is 54.1 Å². The third kappa shape index (κ3) is 5.17. The molecular weight excluding hydrogens is 338 g/mol. The molecule has 0 saturated carbocycles. The number of aryl methyl sites for hydroxylation is 1. The van der Waals surface area contributed by atoms with E-state index in [1.807, 2.05) is 49.6 Å². The van der Waals surface area contributed by atoms with Gasteiger partial charge in [0.25, 0.3) is 0 Å². The summed E-state index contributed by atoms with van der Waals surface area (Å²) >= 11 is 0. The Labute approximate surface area is 162 Å². The van der Waals surface area contributed by atoms with Gasteiger partial charge in [-0.2, -0.15) is 0 Å². The molecule has 1 saturated heterocycles. The number of carbonyl (C=O) groups excluding carboxylic acids is 1. The van der Waals surface area contributed by atoms with E-state index in [0.29, 0.717) is 12.6 Å². The highest BCUT2D eigenvalue weighted by Gasteiger charge is 2.26. The minimum atomic E-state index is 0.0327. The van der Waals surface area contributed by atoms with Crippen LogP contribution in [0.2, 0.25) is 0 Å². The Balaban J connectivity index is 1.47. The number of nitrogens with one attached hydrogen (secondary N) is 1. The van der Waals surface area contributed by atoms with E-state index in [-0.39, 0.29) is 11.9 Å². The lowest BCUT2D eigenvalue weighted by atomic mass is 10.1. The van der Waals surface area contributed by atoms with Crippen LogP contribution in [0.4, 0.5) is 0 Å². The molecule has 2 atom stereocenters. The molecule has 6 nitrogen and oxygen atoms in total. The zero-order valence-corrected chi connectivity index (χ0v) is 16.6. The Bertz CT molecular complexity index is 729. The van der Waals surface area contributed by atoms with Gasteiger partial charge in [0, 0.05) is 44.6 Å². The molecule has 1 amide bonds. The summed E-state index contributed by atoms with van der Waals surface area (Å²) in [7, 11) is 0. The lowest BCUT2D eigenvalue weighted by Gasteiger charge is -2.39. The Morgan fingerprint density at radius 2 is 2.07 bits per heavy atom. The van der Waals surface area contributed by atoms with Crippen LogP contribution in [0.15, 0.2) is 42.7 Å². The number of carbonyl (C=O) groups is 1. The minimum absolute atomic E-state index is 0.0327. The summed E-state index contributed by atoms with van der Waals surface area (Å²) in [5, 5.41) is 3.11. The number of benzene rings is 1. The van der Waals surface area contributed by atoms with Crippen molar-refractivity contribution >= 4 is 5.91 Å². The Kier molecular flexibility index (Phi) is 6.63.